The maximum atomic E-state index is 13.1. The molecule has 0 fully saturated rings. The molecule has 0 saturated carbocycles. The second kappa shape index (κ2) is 4.50. The van der Waals surface area contributed by atoms with Gasteiger partial charge in [0.1, 0.15) is 0 Å². The van der Waals surface area contributed by atoms with Crippen molar-refractivity contribution >= 4 is 12.4 Å². The third-order valence-electron chi connectivity index (χ3n) is 1.77. The molecular weight excluding hydrogens is 208 g/mol. The molecule has 80 valence electrons. The van der Waals surface area contributed by atoms with Crippen molar-refractivity contribution in [2.24, 2.45) is 0 Å². The van der Waals surface area contributed by atoms with Crippen LogP contribution in [0.2, 0.25) is 0 Å². The van der Waals surface area contributed by atoms with Crippen LogP contribution in [0.3, 0.4) is 0 Å². The molecule has 6 heteroatoms. The van der Waals surface area contributed by atoms with E-state index in [0.29, 0.717) is 0 Å². The molecule has 1 amide bonds. The highest BCUT2D eigenvalue weighted by atomic mass is 19.2. The highest BCUT2D eigenvalue weighted by Crippen LogP contribution is 2.19. The van der Waals surface area contributed by atoms with Crippen molar-refractivity contribution in [1.29, 1.82) is 0 Å². The monoisotopic (exact) mass is 215 g/mol. The molecule has 0 aliphatic rings. The van der Waals surface area contributed by atoms with Gasteiger partial charge in [-0.2, -0.15) is 0 Å². The molecule has 0 heterocycles. The molecule has 0 aliphatic heterocycles. The zero-order valence-electron chi connectivity index (χ0n) is 7.41. The van der Waals surface area contributed by atoms with Gasteiger partial charge in [-0.15, -0.1) is 0 Å². The van der Waals surface area contributed by atoms with Gasteiger partial charge in [-0.05, 0) is 6.07 Å². The summed E-state index contributed by atoms with van der Waals surface area (Å²) in [6, 6.07) is 1.53. The predicted molar refractivity (Wildman–Crippen MR) is 45.9 cm³/mol. The lowest BCUT2D eigenvalue weighted by Gasteiger charge is -2.12. The molecule has 0 aromatic heterocycles. The van der Waals surface area contributed by atoms with Gasteiger partial charge >= 0.3 is 5.97 Å². The average molecular weight is 215 g/mol. The molecule has 0 saturated heterocycles. The van der Waals surface area contributed by atoms with Crippen LogP contribution in [0.5, 0.6) is 0 Å². The highest BCUT2D eigenvalue weighted by molar-refractivity contribution is 5.78. The van der Waals surface area contributed by atoms with E-state index in [1.165, 1.54) is 0 Å². The Kier molecular flexibility index (Phi) is 3.33. The van der Waals surface area contributed by atoms with E-state index in [1.807, 2.05) is 5.32 Å². The third kappa shape index (κ3) is 2.28. The van der Waals surface area contributed by atoms with Gasteiger partial charge in [-0.3, -0.25) is 4.79 Å². The number of benzene rings is 1. The van der Waals surface area contributed by atoms with Gasteiger partial charge in [-0.25, -0.2) is 13.6 Å². The minimum atomic E-state index is -1.59. The Balaban J connectivity index is 3.16. The number of amides is 1. The van der Waals surface area contributed by atoms with Crippen LogP contribution in [0, 0.1) is 11.6 Å². The Morgan fingerprint density at radius 2 is 2.13 bits per heavy atom. The van der Waals surface area contributed by atoms with E-state index in [2.05, 4.69) is 0 Å². The minimum absolute atomic E-state index is 0.114. The van der Waals surface area contributed by atoms with Crippen molar-refractivity contribution in [2.45, 2.75) is 6.04 Å². The first-order chi connectivity index (χ1) is 7.07. The van der Waals surface area contributed by atoms with E-state index in [9.17, 15) is 18.4 Å². The zero-order chi connectivity index (χ0) is 11.4. The standard InChI is InChI=1S/C9H7F2NO3/c10-6-3-1-2-5(7(6)11)8(9(14)15)12-4-13/h1-4,8H,(H,12,13)(H,14,15). The second-order valence-corrected chi connectivity index (χ2v) is 2.70. The number of aliphatic carboxylic acids is 1. The number of carboxylic acid groups (broad SMARTS) is 1. The predicted octanol–water partition coefficient (Wildman–Crippen LogP) is 0.836. The fourth-order valence-corrected chi connectivity index (χ4v) is 1.11. The SMILES string of the molecule is O=CNC(C(=O)O)c1cccc(F)c1F. The number of carbonyl (C=O) groups excluding carboxylic acids is 1. The summed E-state index contributed by atoms with van der Waals surface area (Å²) in [5.41, 5.74) is -0.422. The number of carbonyl (C=O) groups is 2. The first-order valence-electron chi connectivity index (χ1n) is 3.94. The van der Waals surface area contributed by atoms with Crippen molar-refractivity contribution in [2.75, 3.05) is 0 Å². The average Bonchev–Trinajstić information content (AvgIpc) is 2.19. The van der Waals surface area contributed by atoms with Crippen LogP contribution in [-0.4, -0.2) is 17.5 Å². The topological polar surface area (TPSA) is 66.4 Å². The molecule has 2 N–H and O–H groups in total. The van der Waals surface area contributed by atoms with Crippen LogP contribution < -0.4 is 5.32 Å². The number of halogens is 2. The lowest BCUT2D eigenvalue weighted by molar-refractivity contribution is -0.140. The van der Waals surface area contributed by atoms with E-state index in [0.717, 1.165) is 18.2 Å². The van der Waals surface area contributed by atoms with Crippen LogP contribution in [-0.2, 0) is 9.59 Å². The van der Waals surface area contributed by atoms with Crippen LogP contribution >= 0.6 is 0 Å². The first-order valence-corrected chi connectivity index (χ1v) is 3.94. The molecule has 0 bridgehead atoms. The zero-order valence-corrected chi connectivity index (χ0v) is 7.41. The van der Waals surface area contributed by atoms with Crippen LogP contribution in [0.15, 0.2) is 18.2 Å². The van der Waals surface area contributed by atoms with Crippen LogP contribution in [0.1, 0.15) is 11.6 Å². The maximum absolute atomic E-state index is 13.1. The van der Waals surface area contributed by atoms with Crippen molar-refractivity contribution in [3.63, 3.8) is 0 Å². The van der Waals surface area contributed by atoms with Gasteiger partial charge in [0, 0.05) is 5.56 Å². The fourth-order valence-electron chi connectivity index (χ4n) is 1.11. The quantitative estimate of drug-likeness (QED) is 0.731. The molecule has 1 unspecified atom stereocenters. The van der Waals surface area contributed by atoms with Gasteiger partial charge in [0.2, 0.25) is 6.41 Å². The van der Waals surface area contributed by atoms with E-state index >= 15 is 0 Å². The second-order valence-electron chi connectivity index (χ2n) is 2.70. The Bertz CT molecular complexity index is 395. The number of hydrogen-bond acceptors (Lipinski definition) is 2. The molecular formula is C9H7F2NO3. The summed E-state index contributed by atoms with van der Waals surface area (Å²) >= 11 is 0. The third-order valence-corrected chi connectivity index (χ3v) is 1.77. The first kappa shape index (κ1) is 11.1. The van der Waals surface area contributed by atoms with E-state index in [-0.39, 0.29) is 6.41 Å². The number of nitrogens with one attached hydrogen (secondary N) is 1. The molecule has 1 atom stereocenters. The Hall–Kier alpha value is -1.98. The summed E-state index contributed by atoms with van der Waals surface area (Å²) in [7, 11) is 0. The summed E-state index contributed by atoms with van der Waals surface area (Å²) in [6.45, 7) is 0. The van der Waals surface area contributed by atoms with E-state index in [1.54, 1.807) is 0 Å². The molecule has 1 aromatic rings. The van der Waals surface area contributed by atoms with Crippen LogP contribution in [0.4, 0.5) is 8.78 Å². The molecule has 0 spiro atoms. The van der Waals surface area contributed by atoms with E-state index < -0.39 is 29.2 Å². The number of carboxylic acids is 1. The maximum Gasteiger partial charge on any atom is 0.331 e. The Morgan fingerprint density at radius 1 is 1.47 bits per heavy atom. The van der Waals surface area contributed by atoms with Gasteiger partial charge in [0.05, 0.1) is 0 Å². The lowest BCUT2D eigenvalue weighted by Crippen LogP contribution is -2.28. The Morgan fingerprint density at radius 3 is 2.67 bits per heavy atom. The van der Waals surface area contributed by atoms with Crippen molar-refractivity contribution < 1.29 is 23.5 Å². The highest BCUT2D eigenvalue weighted by Gasteiger charge is 2.23. The largest absolute Gasteiger partial charge is 0.479 e. The van der Waals surface area contributed by atoms with Crippen LogP contribution in [0.25, 0.3) is 0 Å². The van der Waals surface area contributed by atoms with Crippen molar-refractivity contribution in [3.8, 4) is 0 Å². The van der Waals surface area contributed by atoms with Gasteiger partial charge in [0.25, 0.3) is 0 Å². The summed E-state index contributed by atoms with van der Waals surface area (Å²) in [6.07, 6.45) is 0.114. The van der Waals surface area contributed by atoms with Gasteiger partial charge < -0.3 is 10.4 Å². The lowest BCUT2D eigenvalue weighted by atomic mass is 10.1. The van der Waals surface area contributed by atoms with Gasteiger partial charge in [0.15, 0.2) is 17.7 Å². The van der Waals surface area contributed by atoms with Gasteiger partial charge in [-0.1, -0.05) is 12.1 Å². The van der Waals surface area contributed by atoms with Crippen molar-refractivity contribution in [1.82, 2.24) is 5.32 Å². The summed E-state index contributed by atoms with van der Waals surface area (Å²) in [4.78, 5) is 20.7. The summed E-state index contributed by atoms with van der Waals surface area (Å²) in [5, 5.41) is 10.5. The van der Waals surface area contributed by atoms with Crippen molar-refractivity contribution in [3.05, 3.63) is 35.4 Å². The fraction of sp³-hybridized carbons (Fsp3) is 0.111. The summed E-state index contributed by atoms with van der Waals surface area (Å²) < 4.78 is 25.9. The molecule has 1 aromatic carbocycles. The molecule has 15 heavy (non-hydrogen) atoms. The smallest absolute Gasteiger partial charge is 0.331 e. The summed E-state index contributed by atoms with van der Waals surface area (Å²) in [5.74, 6) is -3.91. The Labute approximate surface area is 83.5 Å². The number of hydrogen-bond donors (Lipinski definition) is 2. The normalized spacial score (nSPS) is 11.9. The van der Waals surface area contributed by atoms with E-state index in [4.69, 9.17) is 5.11 Å². The minimum Gasteiger partial charge on any atom is -0.479 e. The molecule has 0 radical (unpaired) electrons. The molecule has 1 rings (SSSR count). The number of rotatable bonds is 4. The molecule has 0 aliphatic carbocycles. The molecule has 4 nitrogen and oxygen atoms in total.